The molecule has 0 aliphatic heterocycles. The van der Waals surface area contributed by atoms with E-state index in [2.05, 4.69) is 25.4 Å². The van der Waals surface area contributed by atoms with Crippen molar-refractivity contribution in [1.29, 1.82) is 0 Å². The van der Waals surface area contributed by atoms with Gasteiger partial charge in [0.2, 0.25) is 0 Å². The van der Waals surface area contributed by atoms with Gasteiger partial charge in [-0.25, -0.2) is 8.42 Å². The highest BCUT2D eigenvalue weighted by atomic mass is 32.2. The summed E-state index contributed by atoms with van der Waals surface area (Å²) in [5.41, 5.74) is 0.925. The summed E-state index contributed by atoms with van der Waals surface area (Å²) in [4.78, 5) is -0.134. The first-order chi connectivity index (χ1) is 15.5. The van der Waals surface area contributed by atoms with Crippen LogP contribution in [-0.4, -0.2) is 44.6 Å². The number of aromatic amines is 1. The second-order valence-corrected chi connectivity index (χ2v) is 8.12. The molecule has 0 atom stereocenters. The Hall–Kier alpha value is -3.93. The Morgan fingerprint density at radius 1 is 1.09 bits per heavy atom. The number of H-pyrrole nitrogens is 1. The third-order valence-electron chi connectivity index (χ3n) is 4.52. The zero-order chi connectivity index (χ0) is 22.7. The lowest BCUT2D eigenvalue weighted by Crippen LogP contribution is -2.16. The minimum absolute atomic E-state index is 0.000236. The van der Waals surface area contributed by atoms with Crippen molar-refractivity contribution in [3.63, 3.8) is 0 Å². The zero-order valence-electron chi connectivity index (χ0n) is 17.5. The van der Waals surface area contributed by atoms with Gasteiger partial charge in [-0.3, -0.25) is 9.82 Å². The highest BCUT2D eigenvalue weighted by Crippen LogP contribution is 2.38. The van der Waals surface area contributed by atoms with Crippen LogP contribution in [0.1, 0.15) is 6.92 Å². The van der Waals surface area contributed by atoms with Crippen LogP contribution in [0.5, 0.6) is 17.2 Å². The third kappa shape index (κ3) is 3.99. The van der Waals surface area contributed by atoms with Crippen LogP contribution in [0.4, 0.5) is 17.3 Å². The molecule has 0 fully saturated rings. The summed E-state index contributed by atoms with van der Waals surface area (Å²) in [6.45, 7) is 2.04. The van der Waals surface area contributed by atoms with Crippen LogP contribution in [0.15, 0.2) is 52.0 Å². The van der Waals surface area contributed by atoms with Crippen molar-refractivity contribution >= 4 is 38.3 Å². The van der Waals surface area contributed by atoms with Gasteiger partial charge in [-0.15, -0.1) is 0 Å². The number of hydrogen-bond acceptors (Lipinski definition) is 9. The maximum absolute atomic E-state index is 13.2. The van der Waals surface area contributed by atoms with Crippen molar-refractivity contribution in [2.45, 2.75) is 11.8 Å². The van der Waals surface area contributed by atoms with Crippen LogP contribution < -0.4 is 24.2 Å². The summed E-state index contributed by atoms with van der Waals surface area (Å²) < 4.78 is 50.5. The monoisotopic (exact) mass is 459 g/mol. The van der Waals surface area contributed by atoms with Gasteiger partial charge in [-0.1, -0.05) is 11.2 Å². The summed E-state index contributed by atoms with van der Waals surface area (Å²) in [5, 5.41) is 14.1. The minimum Gasteiger partial charge on any atom is -0.495 e. The number of fused-ring (bicyclic) bond motifs is 1. The largest absolute Gasteiger partial charge is 0.495 e. The Balaban J connectivity index is 1.74. The van der Waals surface area contributed by atoms with Crippen molar-refractivity contribution in [3.05, 3.63) is 42.6 Å². The number of rotatable bonds is 9. The van der Waals surface area contributed by atoms with E-state index in [1.54, 1.807) is 43.5 Å². The topological polar surface area (TPSA) is 141 Å². The number of methoxy groups -OCH3 is 2. The van der Waals surface area contributed by atoms with Gasteiger partial charge in [0.15, 0.2) is 16.3 Å². The van der Waals surface area contributed by atoms with E-state index < -0.39 is 10.0 Å². The van der Waals surface area contributed by atoms with Crippen LogP contribution in [0, 0.1) is 0 Å². The number of anilines is 3. The summed E-state index contributed by atoms with van der Waals surface area (Å²) in [6.07, 6.45) is 1.60. The smallest absolute Gasteiger partial charge is 0.270 e. The molecule has 2 aromatic heterocycles. The quantitative estimate of drug-likeness (QED) is 0.343. The maximum atomic E-state index is 13.2. The Morgan fingerprint density at radius 3 is 2.56 bits per heavy atom. The lowest BCUT2D eigenvalue weighted by molar-refractivity contribution is 0.323. The van der Waals surface area contributed by atoms with E-state index in [-0.39, 0.29) is 28.8 Å². The Kier molecular flexibility index (Phi) is 5.77. The van der Waals surface area contributed by atoms with Crippen LogP contribution in [0.25, 0.3) is 11.0 Å². The normalized spacial score (nSPS) is 11.3. The van der Waals surface area contributed by atoms with Crippen LogP contribution in [0.2, 0.25) is 0 Å². The number of aromatic nitrogens is 3. The van der Waals surface area contributed by atoms with Gasteiger partial charge in [0.1, 0.15) is 23.1 Å². The van der Waals surface area contributed by atoms with Gasteiger partial charge in [-0.2, -0.15) is 5.10 Å². The SMILES string of the molecule is CCOc1cccc(OC)c1S(=O)(=O)Nc1noc2cc(Nc3ccn[nH]3)c(OC)cc12. The van der Waals surface area contributed by atoms with E-state index in [1.807, 2.05) is 0 Å². The molecule has 0 saturated heterocycles. The molecule has 0 radical (unpaired) electrons. The van der Waals surface area contributed by atoms with E-state index in [1.165, 1.54) is 20.3 Å². The molecule has 0 aliphatic rings. The summed E-state index contributed by atoms with van der Waals surface area (Å²) in [7, 11) is -1.25. The molecule has 4 aromatic rings. The lowest BCUT2D eigenvalue weighted by Gasteiger charge is -2.14. The van der Waals surface area contributed by atoms with Gasteiger partial charge in [0.05, 0.1) is 38.1 Å². The van der Waals surface area contributed by atoms with Crippen molar-refractivity contribution in [2.24, 2.45) is 0 Å². The molecule has 11 nitrogen and oxygen atoms in total. The summed E-state index contributed by atoms with van der Waals surface area (Å²) in [5.74, 6) is 1.39. The van der Waals surface area contributed by atoms with E-state index in [0.717, 1.165) is 0 Å². The number of hydrogen-bond donors (Lipinski definition) is 3. The minimum atomic E-state index is -4.13. The second kappa shape index (κ2) is 8.67. The van der Waals surface area contributed by atoms with Crippen LogP contribution >= 0.6 is 0 Å². The molecular formula is C20H21N5O6S. The number of benzene rings is 2. The molecule has 0 amide bonds. The number of nitrogens with zero attached hydrogens (tertiary/aromatic N) is 2. The van der Waals surface area contributed by atoms with E-state index >= 15 is 0 Å². The molecular weight excluding hydrogens is 438 g/mol. The number of ether oxygens (including phenoxy) is 3. The molecule has 168 valence electrons. The first-order valence-electron chi connectivity index (χ1n) is 9.53. The fourth-order valence-electron chi connectivity index (χ4n) is 3.14. The summed E-state index contributed by atoms with van der Waals surface area (Å²) >= 11 is 0. The van der Waals surface area contributed by atoms with Crippen molar-refractivity contribution in [2.75, 3.05) is 30.9 Å². The predicted octanol–water partition coefficient (Wildman–Crippen LogP) is 3.51. The Morgan fingerprint density at radius 2 is 1.88 bits per heavy atom. The molecule has 12 heteroatoms. The zero-order valence-corrected chi connectivity index (χ0v) is 18.3. The molecule has 0 bridgehead atoms. The van der Waals surface area contributed by atoms with Gasteiger partial charge in [0, 0.05) is 12.1 Å². The van der Waals surface area contributed by atoms with Gasteiger partial charge < -0.3 is 24.1 Å². The van der Waals surface area contributed by atoms with Crippen LogP contribution in [0.3, 0.4) is 0 Å². The molecule has 0 aliphatic carbocycles. The molecule has 3 N–H and O–H groups in total. The molecule has 0 spiro atoms. The fourth-order valence-corrected chi connectivity index (χ4v) is 4.46. The van der Waals surface area contributed by atoms with Gasteiger partial charge >= 0.3 is 0 Å². The number of sulfonamides is 1. The molecule has 4 rings (SSSR count). The fraction of sp³-hybridized carbons (Fsp3) is 0.200. The van der Waals surface area contributed by atoms with E-state index in [4.69, 9.17) is 18.7 Å². The van der Waals surface area contributed by atoms with Gasteiger partial charge in [0.25, 0.3) is 10.0 Å². The molecule has 2 heterocycles. The standard InChI is InChI=1S/C20H21N5O6S/c1-4-30-15-7-5-6-14(28-2)19(15)32(26,27)25-20-12-10-17(29-3)13(11-16(12)31-24-20)22-18-8-9-21-23-18/h5-11H,4H2,1-3H3,(H,24,25)(H2,21,22,23). The highest BCUT2D eigenvalue weighted by Gasteiger charge is 2.27. The van der Waals surface area contributed by atoms with Crippen molar-refractivity contribution in [1.82, 2.24) is 15.4 Å². The molecule has 0 unspecified atom stereocenters. The van der Waals surface area contributed by atoms with Crippen molar-refractivity contribution in [3.8, 4) is 17.2 Å². The first-order valence-corrected chi connectivity index (χ1v) is 11.0. The maximum Gasteiger partial charge on any atom is 0.270 e. The van der Waals surface area contributed by atoms with Crippen molar-refractivity contribution < 1.29 is 27.2 Å². The lowest BCUT2D eigenvalue weighted by atomic mass is 10.2. The Bertz CT molecular complexity index is 1330. The summed E-state index contributed by atoms with van der Waals surface area (Å²) in [6, 6.07) is 9.75. The molecule has 32 heavy (non-hydrogen) atoms. The molecule has 2 aromatic carbocycles. The first kappa shape index (κ1) is 21.3. The predicted molar refractivity (Wildman–Crippen MR) is 117 cm³/mol. The Labute approximate surface area is 183 Å². The number of nitrogens with one attached hydrogen (secondary N) is 3. The van der Waals surface area contributed by atoms with E-state index in [0.29, 0.717) is 28.2 Å². The average Bonchev–Trinajstić information content (AvgIpc) is 3.43. The third-order valence-corrected chi connectivity index (χ3v) is 5.93. The van der Waals surface area contributed by atoms with Crippen LogP contribution in [-0.2, 0) is 10.0 Å². The van der Waals surface area contributed by atoms with Gasteiger partial charge in [-0.05, 0) is 25.1 Å². The second-order valence-electron chi connectivity index (χ2n) is 6.50. The average molecular weight is 459 g/mol. The highest BCUT2D eigenvalue weighted by molar-refractivity contribution is 7.93. The van der Waals surface area contributed by atoms with E-state index in [9.17, 15) is 8.42 Å². The molecule has 0 saturated carbocycles.